The van der Waals surface area contributed by atoms with E-state index in [9.17, 15) is 30.3 Å². The van der Waals surface area contributed by atoms with Crippen molar-refractivity contribution in [1.29, 1.82) is 0 Å². The molecule has 0 aromatic heterocycles. The van der Waals surface area contributed by atoms with Crippen LogP contribution in [0.2, 0.25) is 0 Å². The zero-order valence-electron chi connectivity index (χ0n) is 63.2. The maximum atomic E-state index is 13.2. The molecule has 1 amide bonds. The van der Waals surface area contributed by atoms with E-state index in [2.05, 4.69) is 55.6 Å². The minimum Gasteiger partial charge on any atom is -0.394 e. The van der Waals surface area contributed by atoms with Crippen molar-refractivity contribution in [3.05, 3.63) is 48.6 Å². The van der Waals surface area contributed by atoms with Gasteiger partial charge in [0.1, 0.15) is 24.4 Å². The normalized spacial score (nSPS) is 17.7. The number of nitrogens with one attached hydrogen (secondary N) is 1. The molecule has 1 aliphatic heterocycles. The van der Waals surface area contributed by atoms with Crippen LogP contribution in [0.25, 0.3) is 0 Å². The van der Waals surface area contributed by atoms with Crippen LogP contribution in [0.5, 0.6) is 0 Å². The molecule has 1 aliphatic rings. The highest BCUT2D eigenvalue weighted by atomic mass is 16.7. The molecular formula is C86H163NO8. The molecule has 0 bridgehead atoms. The van der Waals surface area contributed by atoms with Crippen molar-refractivity contribution < 1.29 is 39.8 Å². The Morgan fingerprint density at radius 3 is 0.884 bits per heavy atom. The number of hydrogen-bond acceptors (Lipinski definition) is 8. The zero-order valence-corrected chi connectivity index (χ0v) is 63.2. The van der Waals surface area contributed by atoms with E-state index in [0.29, 0.717) is 6.42 Å². The third kappa shape index (κ3) is 62.9. The topological polar surface area (TPSA) is 149 Å². The highest BCUT2D eigenvalue weighted by Gasteiger charge is 2.44. The molecule has 95 heavy (non-hydrogen) atoms. The van der Waals surface area contributed by atoms with E-state index < -0.39 is 49.5 Å². The molecule has 0 saturated carbocycles. The summed E-state index contributed by atoms with van der Waals surface area (Å²) in [5.74, 6) is -0.182. The van der Waals surface area contributed by atoms with Crippen LogP contribution < -0.4 is 5.32 Å². The second kappa shape index (κ2) is 74.8. The van der Waals surface area contributed by atoms with Crippen LogP contribution in [0, 0.1) is 0 Å². The standard InChI is InChI=1S/C86H163NO8/c1-3-5-7-9-11-13-15-17-19-21-23-25-27-29-31-33-35-36-37-38-39-40-41-42-43-44-46-48-50-52-54-56-58-60-62-64-66-68-70-72-74-76-82(90)87-79(78-94-86-85(93)84(92)83(91)81(77-88)95-86)80(89)75-73-71-69-67-65-63-61-59-57-55-53-51-49-47-45-34-32-30-28-26-24-22-20-18-16-14-12-10-8-6-4-2/h21,23,57,59,65,67,73,75,79-81,83-86,88-89,91-93H,3-20,22,24-56,58,60-64,66,68-72,74,76-78H2,1-2H3,(H,87,90)/b23-21-,59-57+,67-65+,75-73+. The Hall–Kier alpha value is -1.85. The van der Waals surface area contributed by atoms with Gasteiger partial charge in [0.05, 0.1) is 25.4 Å². The van der Waals surface area contributed by atoms with Crippen LogP contribution in [0.3, 0.4) is 0 Å². The quantitative estimate of drug-likeness (QED) is 0.0261. The van der Waals surface area contributed by atoms with Crippen molar-refractivity contribution >= 4 is 5.91 Å². The molecule has 1 saturated heterocycles. The molecule has 0 radical (unpaired) electrons. The monoisotopic (exact) mass is 1340 g/mol. The summed E-state index contributed by atoms with van der Waals surface area (Å²) in [7, 11) is 0. The summed E-state index contributed by atoms with van der Waals surface area (Å²) in [6.07, 6.45) is 97.3. The first-order valence-corrected chi connectivity index (χ1v) is 42.4. The first-order chi connectivity index (χ1) is 46.8. The van der Waals surface area contributed by atoms with E-state index in [-0.39, 0.29) is 12.5 Å². The third-order valence-electron chi connectivity index (χ3n) is 20.4. The van der Waals surface area contributed by atoms with Crippen molar-refractivity contribution in [3.63, 3.8) is 0 Å². The Bertz CT molecular complexity index is 1650. The molecule has 0 aromatic rings. The fourth-order valence-corrected chi connectivity index (χ4v) is 13.8. The SMILES string of the molecule is CCCCCCCCCC/C=C\CCCCCCCCCCCCCCCCCCCCCCCCCCCCCCCC(=O)NC(COC1OC(CO)C(O)C(O)C1O)C(O)/C=C/CC/C=C/CC/C=C/CCCCCCCCCCCCCCCCCCCCCCC. The van der Waals surface area contributed by atoms with Crippen LogP contribution in [0.15, 0.2) is 48.6 Å². The summed E-state index contributed by atoms with van der Waals surface area (Å²) < 4.78 is 11.3. The average molecular weight is 1340 g/mol. The lowest BCUT2D eigenvalue weighted by atomic mass is 9.99. The molecule has 1 fully saturated rings. The Labute approximate surface area is 590 Å². The summed E-state index contributed by atoms with van der Waals surface area (Å²) in [5, 5.41) is 54.9. The van der Waals surface area contributed by atoms with Crippen molar-refractivity contribution in [3.8, 4) is 0 Å². The number of hydrogen-bond donors (Lipinski definition) is 6. The van der Waals surface area contributed by atoms with Crippen LogP contribution in [0.1, 0.15) is 438 Å². The number of unbranched alkanes of at least 4 members (excludes halogenated alkanes) is 60. The van der Waals surface area contributed by atoms with Gasteiger partial charge in [0, 0.05) is 6.42 Å². The molecule has 9 heteroatoms. The predicted octanol–water partition coefficient (Wildman–Crippen LogP) is 24.7. The third-order valence-corrected chi connectivity index (χ3v) is 20.4. The van der Waals surface area contributed by atoms with Crippen molar-refractivity contribution in [2.24, 2.45) is 0 Å². The van der Waals surface area contributed by atoms with E-state index in [1.165, 1.54) is 372 Å². The van der Waals surface area contributed by atoms with Gasteiger partial charge < -0.3 is 40.3 Å². The Morgan fingerprint density at radius 1 is 0.347 bits per heavy atom. The second-order valence-electron chi connectivity index (χ2n) is 29.6. The van der Waals surface area contributed by atoms with Crippen LogP contribution in [0.4, 0.5) is 0 Å². The van der Waals surface area contributed by atoms with Crippen LogP contribution in [-0.2, 0) is 14.3 Å². The molecule has 0 aliphatic carbocycles. The average Bonchev–Trinajstić information content (AvgIpc) is 0.836. The summed E-state index contributed by atoms with van der Waals surface area (Å²) in [6.45, 7) is 3.82. The fraction of sp³-hybridized carbons (Fsp3) is 0.895. The van der Waals surface area contributed by atoms with Crippen molar-refractivity contribution in [2.75, 3.05) is 13.2 Å². The van der Waals surface area contributed by atoms with E-state index in [4.69, 9.17) is 9.47 Å². The van der Waals surface area contributed by atoms with Gasteiger partial charge in [-0.2, -0.15) is 0 Å². The Balaban J connectivity index is 2.05. The number of amides is 1. The molecule has 7 unspecified atom stereocenters. The molecule has 6 N–H and O–H groups in total. The Morgan fingerprint density at radius 2 is 0.600 bits per heavy atom. The lowest BCUT2D eigenvalue weighted by Gasteiger charge is -2.40. The van der Waals surface area contributed by atoms with Crippen LogP contribution in [-0.4, -0.2) is 87.5 Å². The number of carbonyl (C=O) groups is 1. The molecule has 9 nitrogen and oxygen atoms in total. The lowest BCUT2D eigenvalue weighted by Crippen LogP contribution is -2.60. The predicted molar refractivity (Wildman–Crippen MR) is 410 cm³/mol. The van der Waals surface area contributed by atoms with Crippen molar-refractivity contribution in [2.45, 2.75) is 480 Å². The zero-order chi connectivity index (χ0) is 68.5. The van der Waals surface area contributed by atoms with E-state index in [1.54, 1.807) is 6.08 Å². The van der Waals surface area contributed by atoms with Gasteiger partial charge >= 0.3 is 0 Å². The van der Waals surface area contributed by atoms with Gasteiger partial charge in [-0.1, -0.05) is 409 Å². The summed E-state index contributed by atoms with van der Waals surface area (Å²) in [6, 6.07) is -0.830. The molecular weight excluding hydrogens is 1170 g/mol. The largest absolute Gasteiger partial charge is 0.394 e. The molecule has 0 aromatic carbocycles. The van der Waals surface area contributed by atoms with Gasteiger partial charge in [0.15, 0.2) is 6.29 Å². The van der Waals surface area contributed by atoms with Gasteiger partial charge in [-0.05, 0) is 70.6 Å². The molecule has 7 atom stereocenters. The summed E-state index contributed by atoms with van der Waals surface area (Å²) in [4.78, 5) is 13.2. The molecule has 1 heterocycles. The number of aliphatic hydroxyl groups excluding tert-OH is 5. The number of rotatable bonds is 76. The Kier molecular flexibility index (Phi) is 71.8. The number of allylic oxidation sites excluding steroid dienone is 7. The summed E-state index contributed by atoms with van der Waals surface area (Å²) >= 11 is 0. The second-order valence-corrected chi connectivity index (χ2v) is 29.6. The van der Waals surface area contributed by atoms with E-state index in [0.717, 1.165) is 44.9 Å². The highest BCUT2D eigenvalue weighted by molar-refractivity contribution is 5.76. The smallest absolute Gasteiger partial charge is 0.220 e. The fourth-order valence-electron chi connectivity index (χ4n) is 13.8. The number of ether oxygens (including phenoxy) is 2. The maximum Gasteiger partial charge on any atom is 0.220 e. The summed E-state index contributed by atoms with van der Waals surface area (Å²) in [5.41, 5.74) is 0. The van der Waals surface area contributed by atoms with Gasteiger partial charge in [-0.15, -0.1) is 0 Å². The van der Waals surface area contributed by atoms with E-state index in [1.807, 2.05) is 6.08 Å². The van der Waals surface area contributed by atoms with Crippen molar-refractivity contribution in [1.82, 2.24) is 5.32 Å². The minimum atomic E-state index is -1.58. The first kappa shape index (κ1) is 91.2. The lowest BCUT2D eigenvalue weighted by molar-refractivity contribution is -0.302. The van der Waals surface area contributed by atoms with E-state index >= 15 is 0 Å². The molecule has 560 valence electrons. The van der Waals surface area contributed by atoms with Gasteiger partial charge in [0.2, 0.25) is 5.91 Å². The minimum absolute atomic E-state index is 0.182. The van der Waals surface area contributed by atoms with Gasteiger partial charge in [-0.25, -0.2) is 0 Å². The first-order valence-electron chi connectivity index (χ1n) is 42.4. The molecule has 0 spiro atoms. The molecule has 1 rings (SSSR count). The van der Waals surface area contributed by atoms with Crippen LogP contribution >= 0.6 is 0 Å². The number of carbonyl (C=O) groups excluding carboxylic acids is 1. The number of aliphatic hydroxyl groups is 5. The highest BCUT2D eigenvalue weighted by Crippen LogP contribution is 2.24. The van der Waals surface area contributed by atoms with Gasteiger partial charge in [-0.3, -0.25) is 4.79 Å². The van der Waals surface area contributed by atoms with Gasteiger partial charge in [0.25, 0.3) is 0 Å². The maximum absolute atomic E-state index is 13.2.